The number of carbonyl (C=O) groups excluding carboxylic acids is 2. The number of benzene rings is 2. The normalized spacial score (nSPS) is 11.9. The Morgan fingerprint density at radius 3 is 2.21 bits per heavy atom. The van der Waals surface area contributed by atoms with Crippen LogP contribution in [-0.2, 0) is 4.79 Å². The van der Waals surface area contributed by atoms with E-state index in [1.807, 2.05) is 25.1 Å². The maximum absolute atomic E-state index is 12.4. The van der Waals surface area contributed by atoms with Crippen LogP contribution in [0.3, 0.4) is 0 Å². The molecule has 2 rings (SSSR count). The molecular weight excluding hydrogens is 300 g/mol. The lowest BCUT2D eigenvalue weighted by Gasteiger charge is -2.18. The quantitative estimate of drug-likeness (QED) is 0.877. The van der Waals surface area contributed by atoms with Crippen molar-refractivity contribution in [3.63, 3.8) is 0 Å². The molecule has 0 saturated heterocycles. The molecule has 1 atom stereocenters. The van der Waals surface area contributed by atoms with Gasteiger partial charge in [0.25, 0.3) is 5.91 Å². The van der Waals surface area contributed by atoms with Gasteiger partial charge in [-0.2, -0.15) is 0 Å². The number of hydrogen-bond donors (Lipinski definition) is 2. The van der Waals surface area contributed by atoms with Crippen molar-refractivity contribution in [2.24, 2.45) is 0 Å². The fraction of sp³-hybridized carbons (Fsp3) is 0.300. The summed E-state index contributed by atoms with van der Waals surface area (Å²) in [6.07, 6.45) is 0. The smallest absolute Gasteiger partial charge is 0.251 e. The molecule has 0 fully saturated rings. The molecule has 0 aromatic heterocycles. The van der Waals surface area contributed by atoms with E-state index in [2.05, 4.69) is 30.5 Å². The van der Waals surface area contributed by atoms with Gasteiger partial charge in [0.1, 0.15) is 6.04 Å². The van der Waals surface area contributed by atoms with Gasteiger partial charge in [0.15, 0.2) is 0 Å². The third kappa shape index (κ3) is 4.22. The first-order valence-corrected chi connectivity index (χ1v) is 8.16. The third-order valence-electron chi connectivity index (χ3n) is 4.03. The van der Waals surface area contributed by atoms with Crippen molar-refractivity contribution in [3.05, 3.63) is 65.2 Å². The van der Waals surface area contributed by atoms with E-state index in [0.717, 1.165) is 11.3 Å². The van der Waals surface area contributed by atoms with Gasteiger partial charge in [-0.25, -0.2) is 0 Å². The number of carbonyl (C=O) groups is 2. The van der Waals surface area contributed by atoms with E-state index in [4.69, 9.17) is 0 Å². The van der Waals surface area contributed by atoms with Crippen LogP contribution >= 0.6 is 0 Å². The summed E-state index contributed by atoms with van der Waals surface area (Å²) in [5.74, 6) is -0.105. The van der Waals surface area contributed by atoms with Crippen LogP contribution in [0.4, 0.5) is 5.69 Å². The molecule has 0 spiro atoms. The summed E-state index contributed by atoms with van der Waals surface area (Å²) < 4.78 is 0. The monoisotopic (exact) mass is 324 g/mol. The Bertz CT molecular complexity index is 724. The standard InChI is InChI=1S/C20H24N2O2/c1-13(2)17-11-8-12-18(14(17)3)22-19(23)15(4)21-20(24)16-9-6-5-7-10-16/h5-13,15H,1-4H3,(H,21,24)(H,22,23). The minimum absolute atomic E-state index is 0.233. The lowest BCUT2D eigenvalue weighted by Crippen LogP contribution is -2.41. The van der Waals surface area contributed by atoms with Gasteiger partial charge < -0.3 is 10.6 Å². The summed E-state index contributed by atoms with van der Waals surface area (Å²) in [7, 11) is 0. The lowest BCUT2D eigenvalue weighted by molar-refractivity contribution is -0.117. The SMILES string of the molecule is Cc1c(NC(=O)C(C)NC(=O)c2ccccc2)cccc1C(C)C. The van der Waals surface area contributed by atoms with E-state index in [-0.39, 0.29) is 11.8 Å². The highest BCUT2D eigenvalue weighted by Crippen LogP contribution is 2.25. The molecule has 24 heavy (non-hydrogen) atoms. The zero-order valence-corrected chi connectivity index (χ0v) is 14.6. The van der Waals surface area contributed by atoms with Gasteiger partial charge in [0, 0.05) is 11.3 Å². The summed E-state index contributed by atoms with van der Waals surface area (Å²) >= 11 is 0. The van der Waals surface area contributed by atoms with Gasteiger partial charge in [-0.05, 0) is 49.1 Å². The Morgan fingerprint density at radius 1 is 0.917 bits per heavy atom. The fourth-order valence-electron chi connectivity index (χ4n) is 2.59. The summed E-state index contributed by atoms with van der Waals surface area (Å²) in [6, 6.07) is 14.1. The van der Waals surface area contributed by atoms with Crippen LogP contribution in [0.25, 0.3) is 0 Å². The van der Waals surface area contributed by atoms with Gasteiger partial charge in [0.2, 0.25) is 5.91 Å². The van der Waals surface area contributed by atoms with Crippen molar-refractivity contribution in [2.75, 3.05) is 5.32 Å². The highest BCUT2D eigenvalue weighted by molar-refractivity contribution is 6.01. The Balaban J connectivity index is 2.05. The molecule has 1 unspecified atom stereocenters. The predicted molar refractivity (Wildman–Crippen MR) is 97.3 cm³/mol. The first kappa shape index (κ1) is 17.7. The van der Waals surface area contributed by atoms with Gasteiger partial charge in [-0.15, -0.1) is 0 Å². The maximum atomic E-state index is 12.4. The summed E-state index contributed by atoms with van der Waals surface area (Å²) in [6.45, 7) is 7.92. The van der Waals surface area contributed by atoms with Crippen LogP contribution in [0.1, 0.15) is 48.2 Å². The van der Waals surface area contributed by atoms with Gasteiger partial charge in [0.05, 0.1) is 0 Å². The number of hydrogen-bond acceptors (Lipinski definition) is 2. The van der Waals surface area contributed by atoms with Crippen LogP contribution in [0.2, 0.25) is 0 Å². The zero-order chi connectivity index (χ0) is 17.7. The Labute approximate surface area is 143 Å². The van der Waals surface area contributed by atoms with E-state index < -0.39 is 6.04 Å². The van der Waals surface area contributed by atoms with Crippen LogP contribution in [0.15, 0.2) is 48.5 Å². The molecule has 0 heterocycles. The molecule has 2 N–H and O–H groups in total. The van der Waals surface area contributed by atoms with Crippen LogP contribution in [-0.4, -0.2) is 17.9 Å². The van der Waals surface area contributed by atoms with Gasteiger partial charge >= 0.3 is 0 Å². The van der Waals surface area contributed by atoms with Crippen molar-refractivity contribution in [1.82, 2.24) is 5.32 Å². The van der Waals surface area contributed by atoms with Crippen molar-refractivity contribution >= 4 is 17.5 Å². The Hall–Kier alpha value is -2.62. The minimum atomic E-state index is -0.625. The molecule has 126 valence electrons. The molecule has 2 aromatic carbocycles. The lowest BCUT2D eigenvalue weighted by atomic mass is 9.97. The van der Waals surface area contributed by atoms with Gasteiger partial charge in [-0.1, -0.05) is 44.2 Å². The maximum Gasteiger partial charge on any atom is 0.251 e. The highest BCUT2D eigenvalue weighted by Gasteiger charge is 2.18. The molecule has 2 aromatic rings. The van der Waals surface area contributed by atoms with Crippen LogP contribution in [0, 0.1) is 6.92 Å². The molecular formula is C20H24N2O2. The number of amides is 2. The zero-order valence-electron chi connectivity index (χ0n) is 14.6. The first-order valence-electron chi connectivity index (χ1n) is 8.16. The van der Waals surface area contributed by atoms with Crippen molar-refractivity contribution in [2.45, 2.75) is 39.7 Å². The first-order chi connectivity index (χ1) is 11.4. The average Bonchev–Trinajstić information content (AvgIpc) is 2.57. The van der Waals surface area contributed by atoms with E-state index in [1.54, 1.807) is 31.2 Å². The second-order valence-corrected chi connectivity index (χ2v) is 6.22. The molecule has 2 amide bonds. The predicted octanol–water partition coefficient (Wildman–Crippen LogP) is 3.88. The topological polar surface area (TPSA) is 58.2 Å². The molecule has 0 aliphatic heterocycles. The van der Waals surface area contributed by atoms with Crippen molar-refractivity contribution in [1.29, 1.82) is 0 Å². The van der Waals surface area contributed by atoms with E-state index in [1.165, 1.54) is 5.56 Å². The van der Waals surface area contributed by atoms with E-state index in [9.17, 15) is 9.59 Å². The molecule has 0 bridgehead atoms. The third-order valence-corrected chi connectivity index (χ3v) is 4.03. The minimum Gasteiger partial charge on any atom is -0.341 e. The average molecular weight is 324 g/mol. The fourth-order valence-corrected chi connectivity index (χ4v) is 2.59. The van der Waals surface area contributed by atoms with Crippen LogP contribution in [0.5, 0.6) is 0 Å². The molecule has 0 aliphatic carbocycles. The Morgan fingerprint density at radius 2 is 1.58 bits per heavy atom. The summed E-state index contributed by atoms with van der Waals surface area (Å²) in [4.78, 5) is 24.5. The summed E-state index contributed by atoms with van der Waals surface area (Å²) in [5, 5.41) is 5.63. The van der Waals surface area contributed by atoms with Crippen molar-refractivity contribution in [3.8, 4) is 0 Å². The summed E-state index contributed by atoms with van der Waals surface area (Å²) in [5.41, 5.74) is 3.58. The molecule has 4 nitrogen and oxygen atoms in total. The second-order valence-electron chi connectivity index (χ2n) is 6.22. The largest absolute Gasteiger partial charge is 0.341 e. The second kappa shape index (κ2) is 7.77. The van der Waals surface area contributed by atoms with Gasteiger partial charge in [-0.3, -0.25) is 9.59 Å². The molecule has 0 aliphatic rings. The van der Waals surface area contributed by atoms with E-state index >= 15 is 0 Å². The number of anilines is 1. The van der Waals surface area contributed by atoms with Crippen molar-refractivity contribution < 1.29 is 9.59 Å². The molecule has 0 saturated carbocycles. The highest BCUT2D eigenvalue weighted by atomic mass is 16.2. The van der Waals surface area contributed by atoms with Crippen LogP contribution < -0.4 is 10.6 Å². The number of rotatable bonds is 5. The Kier molecular flexibility index (Phi) is 5.74. The molecule has 4 heteroatoms. The van der Waals surface area contributed by atoms with E-state index in [0.29, 0.717) is 11.5 Å². The number of nitrogens with one attached hydrogen (secondary N) is 2. The molecule has 0 radical (unpaired) electrons.